The van der Waals surface area contributed by atoms with Crippen molar-refractivity contribution in [2.45, 2.75) is 51.4 Å². The fourth-order valence-corrected chi connectivity index (χ4v) is 8.24. The molecule has 1 saturated carbocycles. The van der Waals surface area contributed by atoms with Crippen LogP contribution in [-0.2, 0) is 26.2 Å². The third kappa shape index (κ3) is 6.56. The molecule has 5 rings (SSSR count). The van der Waals surface area contributed by atoms with Gasteiger partial charge in [-0.15, -0.1) is 0 Å². The van der Waals surface area contributed by atoms with Gasteiger partial charge < -0.3 is 0 Å². The van der Waals surface area contributed by atoms with E-state index in [-0.39, 0.29) is 28.1 Å². The van der Waals surface area contributed by atoms with E-state index in [1.165, 1.54) is 40.3 Å². The molecule has 0 bridgehead atoms. The van der Waals surface area contributed by atoms with Crippen LogP contribution in [0.5, 0.6) is 0 Å². The molecule has 0 radical (unpaired) electrons. The summed E-state index contributed by atoms with van der Waals surface area (Å²) < 4.78 is 94.0. The second-order valence-electron chi connectivity index (χ2n) is 9.61. The molecule has 0 unspecified atom stereocenters. The van der Waals surface area contributed by atoms with Crippen LogP contribution in [0.3, 0.4) is 0 Å². The summed E-state index contributed by atoms with van der Waals surface area (Å²) in [7, 11) is -8.03. The van der Waals surface area contributed by atoms with Crippen molar-refractivity contribution in [1.29, 1.82) is 0 Å². The molecule has 2 fully saturated rings. The molecule has 8 nitrogen and oxygen atoms in total. The number of hydrogen-bond donors (Lipinski definition) is 1. The van der Waals surface area contributed by atoms with Crippen molar-refractivity contribution in [3.63, 3.8) is 0 Å². The smallest absolute Gasteiger partial charge is 0.292 e. The van der Waals surface area contributed by atoms with Crippen molar-refractivity contribution < 1.29 is 34.8 Å². The number of pyridine rings is 1. The number of nitrogens with zero attached hydrogens (tertiary/aromatic N) is 2. The number of alkyl halides is 3. The highest BCUT2D eigenvalue weighted by Gasteiger charge is 2.34. The van der Waals surface area contributed by atoms with Gasteiger partial charge in [-0.1, -0.05) is 23.4 Å². The normalized spacial score (nSPS) is 16.6. The fraction of sp³-hybridized carbons (Fsp3) is 0.308. The molecule has 1 aliphatic carbocycles. The van der Waals surface area contributed by atoms with Crippen molar-refractivity contribution >= 4 is 55.0 Å². The van der Waals surface area contributed by atoms with Crippen LogP contribution < -0.4 is 4.72 Å². The summed E-state index contributed by atoms with van der Waals surface area (Å²) in [5.41, 5.74) is -1.06. The quantitative estimate of drug-likeness (QED) is 0.281. The topological polar surface area (TPSA) is 114 Å². The average molecular weight is 646 g/mol. The Morgan fingerprint density at radius 1 is 0.976 bits per heavy atom. The molecule has 2 heterocycles. The molecule has 0 atom stereocenters. The van der Waals surface area contributed by atoms with Gasteiger partial charge in [-0.2, -0.15) is 17.5 Å². The van der Waals surface area contributed by atoms with Crippen LogP contribution >= 0.6 is 23.4 Å². The van der Waals surface area contributed by atoms with E-state index < -0.39 is 41.7 Å². The maximum absolute atomic E-state index is 13.1. The molecule has 15 heteroatoms. The summed E-state index contributed by atoms with van der Waals surface area (Å²) in [4.78, 5) is 18.0. The van der Waals surface area contributed by atoms with Gasteiger partial charge >= 0.3 is 6.18 Å². The monoisotopic (exact) mass is 645 g/mol. The summed E-state index contributed by atoms with van der Waals surface area (Å²) in [6.45, 7) is 0.969. The molecular weight excluding hydrogens is 623 g/mol. The summed E-state index contributed by atoms with van der Waals surface area (Å²) >= 11 is 7.04. The second-order valence-corrected chi connectivity index (χ2v) is 14.7. The van der Waals surface area contributed by atoms with Gasteiger partial charge in [-0.05, 0) is 80.3 Å². The van der Waals surface area contributed by atoms with Crippen LogP contribution in [0.25, 0.3) is 0 Å². The first-order valence-electron chi connectivity index (χ1n) is 12.5. The number of rotatable bonds is 9. The van der Waals surface area contributed by atoms with Crippen LogP contribution in [0.15, 0.2) is 74.2 Å². The Morgan fingerprint density at radius 3 is 2.22 bits per heavy atom. The number of halogens is 4. The Balaban J connectivity index is 1.39. The lowest BCUT2D eigenvalue weighted by atomic mass is 10.2. The van der Waals surface area contributed by atoms with Gasteiger partial charge in [0.2, 0.25) is 10.0 Å². The summed E-state index contributed by atoms with van der Waals surface area (Å²) in [6.07, 6.45) is -1.71. The Kier molecular flexibility index (Phi) is 8.16. The van der Waals surface area contributed by atoms with E-state index in [2.05, 4.69) is 9.71 Å². The molecule has 1 aliphatic heterocycles. The molecule has 0 amide bonds. The number of anilines is 1. The average Bonchev–Trinajstić information content (AvgIpc) is 3.61. The van der Waals surface area contributed by atoms with E-state index in [4.69, 9.17) is 11.6 Å². The second kappa shape index (κ2) is 11.2. The third-order valence-electron chi connectivity index (χ3n) is 6.58. The molecule has 1 N–H and O–H groups in total. The Bertz CT molecular complexity index is 1710. The minimum absolute atomic E-state index is 0.0324. The molecule has 1 saturated heterocycles. The van der Waals surface area contributed by atoms with E-state index in [0.717, 1.165) is 18.9 Å². The lowest BCUT2D eigenvalue weighted by Gasteiger charge is -2.16. The van der Waals surface area contributed by atoms with Crippen molar-refractivity contribution in [2.24, 2.45) is 5.92 Å². The standard InChI is InChI=1S/C26H23ClF3N3O5S3/c27-20-15-17(26(28,29)30)5-11-22(20)40(35,36)32-23-12-10-21(24(31-23)25(34)16-3-4-16)39-18-6-8-19(9-7-18)41(37,38)33-13-1-2-14-33/h5-12,15-16H,1-4,13-14H2,(H,31,32). The first-order valence-corrected chi connectivity index (χ1v) is 16.6. The molecule has 3 aromatic rings. The maximum atomic E-state index is 13.1. The predicted octanol–water partition coefficient (Wildman–Crippen LogP) is 6.08. The van der Waals surface area contributed by atoms with Crippen LogP contribution in [0.2, 0.25) is 5.02 Å². The molecule has 41 heavy (non-hydrogen) atoms. The van der Waals surface area contributed by atoms with Gasteiger partial charge in [0.1, 0.15) is 16.4 Å². The zero-order chi connectivity index (χ0) is 29.6. The fourth-order valence-electron chi connectivity index (χ4n) is 4.27. The van der Waals surface area contributed by atoms with Gasteiger partial charge in [-0.3, -0.25) is 9.52 Å². The van der Waals surface area contributed by atoms with Crippen molar-refractivity contribution in [2.75, 3.05) is 17.8 Å². The number of nitrogens with one attached hydrogen (secondary N) is 1. The van der Waals surface area contributed by atoms with Gasteiger partial charge in [0.25, 0.3) is 10.0 Å². The third-order valence-corrected chi connectivity index (χ3v) is 11.4. The van der Waals surface area contributed by atoms with Gasteiger partial charge in [0.05, 0.1) is 15.5 Å². The van der Waals surface area contributed by atoms with Crippen LogP contribution in [0.1, 0.15) is 41.7 Å². The number of hydrogen-bond acceptors (Lipinski definition) is 7. The van der Waals surface area contributed by atoms with E-state index in [1.807, 2.05) is 0 Å². The van der Waals surface area contributed by atoms with Gasteiger partial charge in [0.15, 0.2) is 5.78 Å². The molecule has 2 aromatic carbocycles. The minimum atomic E-state index is -4.70. The summed E-state index contributed by atoms with van der Waals surface area (Å²) in [6, 6.07) is 11.0. The van der Waals surface area contributed by atoms with E-state index in [1.54, 1.807) is 12.1 Å². The number of ketones is 1. The van der Waals surface area contributed by atoms with Crippen molar-refractivity contribution in [3.05, 3.63) is 70.9 Å². The van der Waals surface area contributed by atoms with Crippen LogP contribution in [0, 0.1) is 5.92 Å². The lowest BCUT2D eigenvalue weighted by Crippen LogP contribution is -2.27. The first-order chi connectivity index (χ1) is 19.3. The van der Waals surface area contributed by atoms with E-state index >= 15 is 0 Å². The maximum Gasteiger partial charge on any atom is 0.416 e. The number of sulfonamides is 2. The Hall–Kier alpha value is -2.65. The van der Waals surface area contributed by atoms with Crippen LogP contribution in [0.4, 0.5) is 19.0 Å². The van der Waals surface area contributed by atoms with Gasteiger partial charge in [-0.25, -0.2) is 21.8 Å². The summed E-state index contributed by atoms with van der Waals surface area (Å²) in [5.74, 6) is -0.721. The Labute approximate surface area is 244 Å². The molecular formula is C26H23ClF3N3O5S3. The highest BCUT2D eigenvalue weighted by Crippen LogP contribution is 2.38. The lowest BCUT2D eigenvalue weighted by molar-refractivity contribution is -0.137. The largest absolute Gasteiger partial charge is 0.416 e. The highest BCUT2D eigenvalue weighted by atomic mass is 35.5. The zero-order valence-corrected chi connectivity index (χ0v) is 24.4. The summed E-state index contributed by atoms with van der Waals surface area (Å²) in [5, 5.41) is -0.621. The Morgan fingerprint density at radius 2 is 1.63 bits per heavy atom. The van der Waals surface area contributed by atoms with Crippen LogP contribution in [-0.4, -0.2) is 45.0 Å². The predicted molar refractivity (Wildman–Crippen MR) is 147 cm³/mol. The molecule has 0 spiro atoms. The van der Waals surface area contributed by atoms with Crippen molar-refractivity contribution in [3.8, 4) is 0 Å². The number of Topliss-reactive ketones (excluding diaryl/α,β-unsaturated/α-hetero) is 1. The highest BCUT2D eigenvalue weighted by molar-refractivity contribution is 7.99. The van der Waals surface area contributed by atoms with Crippen molar-refractivity contribution in [1.82, 2.24) is 9.29 Å². The van der Waals surface area contributed by atoms with E-state index in [9.17, 15) is 34.8 Å². The van der Waals surface area contributed by atoms with Gasteiger partial charge in [0, 0.05) is 28.8 Å². The SMILES string of the molecule is O=C(c1nc(NS(=O)(=O)c2ccc(C(F)(F)F)cc2Cl)ccc1Sc1ccc(S(=O)(=O)N2CCCC2)cc1)C1CC1. The number of aromatic nitrogens is 1. The number of carbonyl (C=O) groups is 1. The minimum Gasteiger partial charge on any atom is -0.292 e. The molecule has 218 valence electrons. The number of carbonyl (C=O) groups excluding carboxylic acids is 1. The first kappa shape index (κ1) is 29.8. The number of benzene rings is 2. The van der Waals surface area contributed by atoms with E-state index in [0.29, 0.717) is 47.9 Å². The molecule has 2 aliphatic rings. The molecule has 1 aromatic heterocycles. The zero-order valence-electron chi connectivity index (χ0n) is 21.2.